The monoisotopic (exact) mass is 275 g/mol. The molecule has 0 saturated heterocycles. The second-order valence-electron chi connectivity index (χ2n) is 6.19. The van der Waals surface area contributed by atoms with Crippen molar-refractivity contribution >= 4 is 0 Å². The second-order valence-corrected chi connectivity index (χ2v) is 6.19. The summed E-state index contributed by atoms with van der Waals surface area (Å²) in [5.74, 6) is 2.53. The highest BCUT2D eigenvalue weighted by atomic mass is 14.9. The van der Waals surface area contributed by atoms with E-state index in [-0.39, 0.29) is 0 Å². The van der Waals surface area contributed by atoms with Gasteiger partial charge in [-0.3, -0.25) is 0 Å². The molecule has 112 valence electrons. The van der Waals surface area contributed by atoms with Gasteiger partial charge in [-0.2, -0.15) is 0 Å². The summed E-state index contributed by atoms with van der Waals surface area (Å²) in [5, 5.41) is 3.44. The van der Waals surface area contributed by atoms with Crippen LogP contribution in [0.3, 0.4) is 0 Å². The Balaban J connectivity index is 2.12. The molecule has 0 amide bonds. The average molecular weight is 275 g/mol. The molecule has 0 spiro atoms. The van der Waals surface area contributed by atoms with Gasteiger partial charge >= 0.3 is 0 Å². The normalized spacial score (nSPS) is 24.6. The van der Waals surface area contributed by atoms with Gasteiger partial charge < -0.3 is 5.32 Å². The summed E-state index contributed by atoms with van der Waals surface area (Å²) in [6.45, 7) is 9.72. The van der Waals surface area contributed by atoms with E-state index in [1.807, 2.05) is 6.20 Å². The lowest BCUT2D eigenvalue weighted by atomic mass is 9.80. The second kappa shape index (κ2) is 7.16. The summed E-state index contributed by atoms with van der Waals surface area (Å²) < 4.78 is 0. The van der Waals surface area contributed by atoms with Gasteiger partial charge in [0.25, 0.3) is 0 Å². The summed E-state index contributed by atoms with van der Waals surface area (Å²) >= 11 is 0. The van der Waals surface area contributed by atoms with E-state index in [0.29, 0.717) is 12.0 Å². The fraction of sp³-hybridized carbons (Fsp3) is 0.765. The van der Waals surface area contributed by atoms with Crippen molar-refractivity contribution in [2.24, 2.45) is 5.92 Å². The van der Waals surface area contributed by atoms with Gasteiger partial charge in [-0.25, -0.2) is 9.97 Å². The molecule has 0 aliphatic heterocycles. The van der Waals surface area contributed by atoms with Crippen LogP contribution >= 0.6 is 0 Å². The molecule has 1 aromatic heterocycles. The van der Waals surface area contributed by atoms with Crippen LogP contribution in [0.4, 0.5) is 0 Å². The Labute approximate surface area is 123 Å². The quantitative estimate of drug-likeness (QED) is 0.877. The Bertz CT molecular complexity index is 430. The molecule has 1 aliphatic carbocycles. The number of nitrogens with one attached hydrogen (secondary N) is 1. The van der Waals surface area contributed by atoms with Crippen molar-refractivity contribution in [3.8, 4) is 0 Å². The first-order valence-corrected chi connectivity index (χ1v) is 8.22. The fourth-order valence-electron chi connectivity index (χ4n) is 3.43. The van der Waals surface area contributed by atoms with Gasteiger partial charge in [0.1, 0.15) is 5.82 Å². The van der Waals surface area contributed by atoms with Gasteiger partial charge in [0.05, 0.1) is 0 Å². The van der Waals surface area contributed by atoms with E-state index in [1.54, 1.807) is 0 Å². The van der Waals surface area contributed by atoms with Crippen LogP contribution < -0.4 is 5.32 Å². The molecule has 0 aromatic carbocycles. The number of nitrogens with zero attached hydrogens (tertiary/aromatic N) is 2. The van der Waals surface area contributed by atoms with Crippen LogP contribution in [0.15, 0.2) is 6.20 Å². The van der Waals surface area contributed by atoms with E-state index < -0.39 is 0 Å². The number of hydrogen-bond acceptors (Lipinski definition) is 3. The van der Waals surface area contributed by atoms with Crippen molar-refractivity contribution in [1.29, 1.82) is 0 Å². The molecule has 3 heteroatoms. The average Bonchev–Trinajstić information content (AvgIpc) is 2.47. The molecule has 0 radical (unpaired) electrons. The molecular formula is C17H29N3. The van der Waals surface area contributed by atoms with Crippen LogP contribution in [0.2, 0.25) is 0 Å². The van der Waals surface area contributed by atoms with Crippen molar-refractivity contribution in [3.05, 3.63) is 23.3 Å². The summed E-state index contributed by atoms with van der Waals surface area (Å²) in [4.78, 5) is 9.50. The van der Waals surface area contributed by atoms with Crippen molar-refractivity contribution in [1.82, 2.24) is 15.3 Å². The summed E-state index contributed by atoms with van der Waals surface area (Å²) in [6, 6.07) is 0.337. The molecular weight excluding hydrogens is 246 g/mol. The van der Waals surface area contributed by atoms with E-state index in [0.717, 1.165) is 24.0 Å². The minimum Gasteiger partial charge on any atom is -0.310 e. The summed E-state index contributed by atoms with van der Waals surface area (Å²) in [5.41, 5.74) is 2.38. The Morgan fingerprint density at radius 2 is 2.15 bits per heavy atom. The van der Waals surface area contributed by atoms with Gasteiger partial charge in [-0.15, -0.1) is 0 Å². The Hall–Kier alpha value is -0.960. The maximum Gasteiger partial charge on any atom is 0.131 e. The molecule has 1 fully saturated rings. The van der Waals surface area contributed by atoms with Crippen molar-refractivity contribution < 1.29 is 0 Å². The van der Waals surface area contributed by atoms with E-state index in [4.69, 9.17) is 4.98 Å². The predicted octanol–water partition coefficient (Wildman–Crippen LogP) is 4.14. The molecule has 1 aliphatic rings. The number of aromatic nitrogens is 2. The van der Waals surface area contributed by atoms with Crippen LogP contribution in [0.1, 0.15) is 81.9 Å². The first kappa shape index (κ1) is 15.4. The topological polar surface area (TPSA) is 37.8 Å². The smallest absolute Gasteiger partial charge is 0.131 e. The molecule has 1 saturated carbocycles. The minimum atomic E-state index is 0.337. The third-order valence-corrected chi connectivity index (χ3v) is 4.74. The van der Waals surface area contributed by atoms with Crippen LogP contribution in [0.25, 0.3) is 0 Å². The number of hydrogen-bond donors (Lipinski definition) is 1. The summed E-state index contributed by atoms with van der Waals surface area (Å²) in [6.07, 6.45) is 8.60. The first-order chi connectivity index (χ1) is 9.65. The van der Waals surface area contributed by atoms with Crippen molar-refractivity contribution in [2.45, 2.75) is 71.8 Å². The Morgan fingerprint density at radius 3 is 2.80 bits per heavy atom. The molecule has 3 unspecified atom stereocenters. The van der Waals surface area contributed by atoms with E-state index >= 15 is 0 Å². The highest BCUT2D eigenvalue weighted by Gasteiger charge is 2.24. The number of aryl methyl sites for hydroxylation is 1. The molecule has 20 heavy (non-hydrogen) atoms. The van der Waals surface area contributed by atoms with Gasteiger partial charge in [0.15, 0.2) is 0 Å². The lowest BCUT2D eigenvalue weighted by molar-refractivity contribution is 0.306. The van der Waals surface area contributed by atoms with Crippen LogP contribution in [-0.4, -0.2) is 16.5 Å². The molecule has 1 heterocycles. The van der Waals surface area contributed by atoms with Gasteiger partial charge in [-0.1, -0.05) is 33.1 Å². The molecule has 3 nitrogen and oxygen atoms in total. The Kier molecular flexibility index (Phi) is 5.53. The van der Waals surface area contributed by atoms with Crippen LogP contribution in [0.5, 0.6) is 0 Å². The highest BCUT2D eigenvalue weighted by Crippen LogP contribution is 2.36. The van der Waals surface area contributed by atoms with Crippen molar-refractivity contribution in [3.63, 3.8) is 0 Å². The SMILES string of the molecule is CCNC(C)c1cnc(C2CCCC(CC)C2)nc1C. The zero-order valence-electron chi connectivity index (χ0n) is 13.4. The largest absolute Gasteiger partial charge is 0.310 e. The molecule has 2 rings (SSSR count). The van der Waals surface area contributed by atoms with E-state index in [9.17, 15) is 0 Å². The third-order valence-electron chi connectivity index (χ3n) is 4.74. The standard InChI is InChI=1S/C17H29N3/c1-5-14-8-7-9-15(10-14)17-19-11-16(13(4)20-17)12(3)18-6-2/h11-12,14-15,18H,5-10H2,1-4H3. The third kappa shape index (κ3) is 3.57. The minimum absolute atomic E-state index is 0.337. The first-order valence-electron chi connectivity index (χ1n) is 8.22. The maximum atomic E-state index is 4.82. The lowest BCUT2D eigenvalue weighted by Gasteiger charge is -2.28. The van der Waals surface area contributed by atoms with Crippen molar-refractivity contribution in [2.75, 3.05) is 6.54 Å². The maximum absolute atomic E-state index is 4.82. The number of rotatable bonds is 5. The van der Waals surface area contributed by atoms with E-state index in [1.165, 1.54) is 37.7 Å². The van der Waals surface area contributed by atoms with Gasteiger partial charge in [0, 0.05) is 29.4 Å². The Morgan fingerprint density at radius 1 is 1.35 bits per heavy atom. The molecule has 1 N–H and O–H groups in total. The van der Waals surface area contributed by atoms with Crippen LogP contribution in [0, 0.1) is 12.8 Å². The molecule has 1 aromatic rings. The lowest BCUT2D eigenvalue weighted by Crippen LogP contribution is -2.21. The van der Waals surface area contributed by atoms with Crippen LogP contribution in [-0.2, 0) is 0 Å². The molecule has 3 atom stereocenters. The van der Waals surface area contributed by atoms with Gasteiger partial charge in [-0.05, 0) is 39.2 Å². The highest BCUT2D eigenvalue weighted by molar-refractivity contribution is 5.21. The predicted molar refractivity (Wildman–Crippen MR) is 83.9 cm³/mol. The molecule has 0 bridgehead atoms. The summed E-state index contributed by atoms with van der Waals surface area (Å²) in [7, 11) is 0. The zero-order chi connectivity index (χ0) is 14.5. The van der Waals surface area contributed by atoms with E-state index in [2.05, 4.69) is 38.0 Å². The van der Waals surface area contributed by atoms with Gasteiger partial charge in [0.2, 0.25) is 0 Å². The zero-order valence-corrected chi connectivity index (χ0v) is 13.4. The fourth-order valence-corrected chi connectivity index (χ4v) is 3.43.